The number of nitrogens with one attached hydrogen (secondary N) is 1. The predicted molar refractivity (Wildman–Crippen MR) is 150 cm³/mol. The van der Waals surface area contributed by atoms with E-state index in [1.54, 1.807) is 39.2 Å². The van der Waals surface area contributed by atoms with Crippen LogP contribution in [0.5, 0.6) is 5.88 Å². The molecule has 0 saturated carbocycles. The second kappa shape index (κ2) is 9.35. The molecule has 0 bridgehead atoms. The number of aliphatic imine (C=N–C) groups is 1. The molecule has 186 valence electrons. The Bertz CT molecular complexity index is 1670. The summed E-state index contributed by atoms with van der Waals surface area (Å²) in [6.45, 7) is 3.35. The van der Waals surface area contributed by atoms with Gasteiger partial charge in [-0.05, 0) is 62.4 Å². The average molecular weight is 512 g/mol. The Morgan fingerprint density at radius 2 is 1.84 bits per heavy atom. The van der Waals surface area contributed by atoms with E-state index in [1.165, 1.54) is 4.90 Å². The van der Waals surface area contributed by atoms with Crippen molar-refractivity contribution in [2.45, 2.75) is 19.4 Å². The van der Waals surface area contributed by atoms with Gasteiger partial charge in [0.15, 0.2) is 5.88 Å². The summed E-state index contributed by atoms with van der Waals surface area (Å²) in [4.78, 5) is 26.6. The summed E-state index contributed by atoms with van der Waals surface area (Å²) in [5.41, 5.74) is 9.78. The number of aromatic nitrogens is 2. The molecule has 37 heavy (non-hydrogen) atoms. The van der Waals surface area contributed by atoms with Gasteiger partial charge >= 0.3 is 0 Å². The highest BCUT2D eigenvalue weighted by Crippen LogP contribution is 2.33. The van der Waals surface area contributed by atoms with Crippen molar-refractivity contribution in [2.75, 3.05) is 11.9 Å². The number of likely N-dealkylation sites (N-methyl/N-ethyl adjacent to an activating group) is 1. The Hall–Kier alpha value is -4.20. The van der Waals surface area contributed by atoms with Gasteiger partial charge in [0.05, 0.1) is 33.5 Å². The third-order valence-corrected chi connectivity index (χ3v) is 6.43. The van der Waals surface area contributed by atoms with Gasteiger partial charge in [0.1, 0.15) is 0 Å². The number of halogens is 1. The average Bonchev–Trinajstić information content (AvgIpc) is 3.20. The molecule has 3 aromatic carbocycles. The molecule has 0 aliphatic rings. The van der Waals surface area contributed by atoms with Crippen LogP contribution in [0.1, 0.15) is 25.0 Å². The Morgan fingerprint density at radius 1 is 1.08 bits per heavy atom. The highest BCUT2D eigenvalue weighted by molar-refractivity contribution is 6.31. The van der Waals surface area contributed by atoms with E-state index in [0.717, 1.165) is 21.9 Å². The third kappa shape index (κ3) is 4.79. The predicted octanol–water partition coefficient (Wildman–Crippen LogP) is 5.94. The fourth-order valence-corrected chi connectivity index (χ4v) is 4.48. The molecule has 0 fully saturated rings. The van der Waals surface area contributed by atoms with Crippen LogP contribution in [-0.4, -0.2) is 39.3 Å². The number of carbonyl (C=O) groups excluding carboxylic acids is 1. The van der Waals surface area contributed by atoms with Crippen molar-refractivity contribution < 1.29 is 9.90 Å². The first-order valence-corrected chi connectivity index (χ1v) is 12.1. The van der Waals surface area contributed by atoms with Gasteiger partial charge < -0.3 is 20.7 Å². The summed E-state index contributed by atoms with van der Waals surface area (Å²) in [6.07, 6.45) is 1.74. The second-order valence-electron chi connectivity index (χ2n) is 9.51. The SMILES string of the molecule is CN(C(=O)C(C)(C)N)c1ccc(N=C(c2ccc3cccnc3c2)c2c(O)[nH]c3cc(Cl)ccc23)cc1. The minimum Gasteiger partial charge on any atom is -0.494 e. The number of hydrogen-bond acceptors (Lipinski definition) is 5. The lowest BCUT2D eigenvalue weighted by atomic mass is 9.99. The quantitative estimate of drug-likeness (QED) is 0.253. The van der Waals surface area contributed by atoms with Crippen LogP contribution in [0, 0.1) is 0 Å². The van der Waals surface area contributed by atoms with Gasteiger partial charge in [-0.2, -0.15) is 0 Å². The highest BCUT2D eigenvalue weighted by Gasteiger charge is 2.26. The molecule has 4 N–H and O–H groups in total. The molecule has 7 nitrogen and oxygen atoms in total. The first-order valence-electron chi connectivity index (χ1n) is 11.7. The minimum atomic E-state index is -0.987. The van der Waals surface area contributed by atoms with Gasteiger partial charge in [-0.3, -0.25) is 9.78 Å². The molecule has 0 unspecified atom stereocenters. The molecular formula is C29H26ClN5O2. The summed E-state index contributed by atoms with van der Waals surface area (Å²) in [5.74, 6) is -0.209. The van der Waals surface area contributed by atoms with Crippen LogP contribution in [0.15, 0.2) is 84.0 Å². The van der Waals surface area contributed by atoms with Crippen molar-refractivity contribution in [1.82, 2.24) is 9.97 Å². The van der Waals surface area contributed by atoms with Crippen LogP contribution < -0.4 is 10.6 Å². The summed E-state index contributed by atoms with van der Waals surface area (Å²) in [7, 11) is 1.69. The number of aromatic amines is 1. The van der Waals surface area contributed by atoms with Crippen molar-refractivity contribution in [3.05, 3.63) is 95.1 Å². The lowest BCUT2D eigenvalue weighted by Gasteiger charge is -2.25. The van der Waals surface area contributed by atoms with Crippen LogP contribution >= 0.6 is 11.6 Å². The van der Waals surface area contributed by atoms with Crippen molar-refractivity contribution in [3.8, 4) is 5.88 Å². The topological polar surface area (TPSA) is 108 Å². The first kappa shape index (κ1) is 24.5. The first-order chi connectivity index (χ1) is 17.6. The largest absolute Gasteiger partial charge is 0.494 e. The number of amides is 1. The number of anilines is 1. The smallest absolute Gasteiger partial charge is 0.246 e. The zero-order valence-corrected chi connectivity index (χ0v) is 21.4. The number of H-pyrrole nitrogens is 1. The summed E-state index contributed by atoms with van der Waals surface area (Å²) in [6, 6.07) is 22.5. The van der Waals surface area contributed by atoms with Gasteiger partial charge in [0, 0.05) is 40.3 Å². The fraction of sp³-hybridized carbons (Fsp3) is 0.138. The number of pyridine rings is 1. The Kier molecular flexibility index (Phi) is 6.19. The standard InChI is InChI=1S/C29H26ClN5O2/c1-29(2,31)28(37)35(3)21-11-9-20(10-12-21)33-26(18-7-6-17-5-4-14-32-23(17)15-18)25-22-13-8-19(30)16-24(22)34-27(25)36/h4-16,34,36H,31H2,1-3H3. The molecule has 0 saturated heterocycles. The Labute approximate surface area is 219 Å². The maximum atomic E-state index is 12.6. The van der Waals surface area contributed by atoms with E-state index in [9.17, 15) is 9.90 Å². The Morgan fingerprint density at radius 3 is 2.57 bits per heavy atom. The zero-order chi connectivity index (χ0) is 26.3. The molecule has 5 aromatic rings. The number of carbonyl (C=O) groups is 1. The monoisotopic (exact) mass is 511 g/mol. The summed E-state index contributed by atoms with van der Waals surface area (Å²) < 4.78 is 0. The van der Waals surface area contributed by atoms with E-state index >= 15 is 0 Å². The maximum Gasteiger partial charge on any atom is 0.246 e. The van der Waals surface area contributed by atoms with E-state index in [0.29, 0.717) is 33.2 Å². The minimum absolute atomic E-state index is 0.00994. The van der Waals surface area contributed by atoms with Gasteiger partial charge in [0.25, 0.3) is 0 Å². The van der Waals surface area contributed by atoms with Gasteiger partial charge in [-0.1, -0.05) is 35.9 Å². The molecule has 5 rings (SSSR count). The molecule has 0 atom stereocenters. The van der Waals surface area contributed by atoms with E-state index in [1.807, 2.05) is 60.7 Å². The van der Waals surface area contributed by atoms with Crippen LogP contribution in [0.4, 0.5) is 11.4 Å². The van der Waals surface area contributed by atoms with Crippen molar-refractivity contribution in [2.24, 2.45) is 10.7 Å². The number of nitrogens with two attached hydrogens (primary N) is 1. The molecular weight excluding hydrogens is 486 g/mol. The van der Waals surface area contributed by atoms with Gasteiger partial charge in [0.2, 0.25) is 5.91 Å². The molecule has 0 aliphatic heterocycles. The Balaban J connectivity index is 1.65. The summed E-state index contributed by atoms with van der Waals surface area (Å²) in [5, 5.41) is 13.3. The second-order valence-corrected chi connectivity index (χ2v) is 9.95. The zero-order valence-electron chi connectivity index (χ0n) is 20.7. The molecule has 8 heteroatoms. The van der Waals surface area contributed by atoms with Crippen LogP contribution in [0.3, 0.4) is 0 Å². The number of aromatic hydroxyl groups is 1. The van der Waals surface area contributed by atoms with Crippen LogP contribution in [-0.2, 0) is 4.79 Å². The highest BCUT2D eigenvalue weighted by atomic mass is 35.5. The molecule has 0 spiro atoms. The summed E-state index contributed by atoms with van der Waals surface area (Å²) >= 11 is 6.19. The number of rotatable bonds is 5. The molecule has 0 radical (unpaired) electrons. The van der Waals surface area contributed by atoms with Crippen LogP contribution in [0.2, 0.25) is 5.02 Å². The van der Waals surface area contributed by atoms with E-state index < -0.39 is 5.54 Å². The number of nitrogens with zero attached hydrogens (tertiary/aromatic N) is 3. The lowest BCUT2D eigenvalue weighted by Crippen LogP contribution is -2.49. The van der Waals surface area contributed by atoms with Crippen LogP contribution in [0.25, 0.3) is 21.8 Å². The lowest BCUT2D eigenvalue weighted by molar-refractivity contribution is -0.122. The normalized spacial score (nSPS) is 12.3. The maximum absolute atomic E-state index is 12.6. The fourth-order valence-electron chi connectivity index (χ4n) is 4.30. The molecule has 2 heterocycles. The molecule has 1 amide bonds. The van der Waals surface area contributed by atoms with Gasteiger partial charge in [-0.15, -0.1) is 0 Å². The number of fused-ring (bicyclic) bond motifs is 2. The van der Waals surface area contributed by atoms with Gasteiger partial charge in [-0.25, -0.2) is 4.99 Å². The molecule has 0 aliphatic carbocycles. The van der Waals surface area contributed by atoms with E-state index in [2.05, 4.69) is 9.97 Å². The van der Waals surface area contributed by atoms with Crippen molar-refractivity contribution in [3.63, 3.8) is 0 Å². The van der Waals surface area contributed by atoms with E-state index in [-0.39, 0.29) is 11.8 Å². The van der Waals surface area contributed by atoms with E-state index in [4.69, 9.17) is 22.3 Å². The third-order valence-electron chi connectivity index (χ3n) is 6.19. The molecule has 2 aromatic heterocycles. The van der Waals surface area contributed by atoms with Crippen molar-refractivity contribution in [1.29, 1.82) is 0 Å². The number of hydrogen-bond donors (Lipinski definition) is 3. The number of benzene rings is 3. The van der Waals surface area contributed by atoms with Crippen molar-refractivity contribution >= 4 is 56.4 Å².